The summed E-state index contributed by atoms with van der Waals surface area (Å²) in [5, 5.41) is 2.77. The number of hydrogen-bond donors (Lipinski definition) is 1. The molecule has 1 N–H and O–H groups in total. The van der Waals surface area contributed by atoms with Crippen LogP contribution in [-0.2, 0) is 11.2 Å². The number of benzene rings is 2. The molecule has 0 aliphatic carbocycles. The first-order valence-corrected chi connectivity index (χ1v) is 7.25. The van der Waals surface area contributed by atoms with Gasteiger partial charge in [-0.05, 0) is 30.2 Å². The largest absolute Gasteiger partial charge is 0.325 e. The first kappa shape index (κ1) is 12.9. The maximum atomic E-state index is 12.3. The van der Waals surface area contributed by atoms with Gasteiger partial charge in [0.25, 0.3) is 0 Å². The molecule has 1 aliphatic rings. The van der Waals surface area contributed by atoms with E-state index in [-0.39, 0.29) is 11.2 Å². The van der Waals surface area contributed by atoms with Crippen LogP contribution >= 0.6 is 11.8 Å². The van der Waals surface area contributed by atoms with Crippen molar-refractivity contribution in [1.82, 2.24) is 0 Å². The van der Waals surface area contributed by atoms with Crippen LogP contribution in [0.5, 0.6) is 0 Å². The molecule has 1 amide bonds. The van der Waals surface area contributed by atoms with Crippen LogP contribution in [0.25, 0.3) is 0 Å². The van der Waals surface area contributed by atoms with Crippen LogP contribution in [0, 0.1) is 0 Å². The molecule has 0 aromatic heterocycles. The van der Waals surface area contributed by atoms with Gasteiger partial charge in [-0.25, -0.2) is 0 Å². The smallest absolute Gasteiger partial charge is 0.238 e. The topological polar surface area (TPSA) is 46.2 Å². The summed E-state index contributed by atoms with van der Waals surface area (Å²) in [5.74, 6) is -0.0192. The molecule has 2 aromatic rings. The highest BCUT2D eigenvalue weighted by molar-refractivity contribution is 8.01. The summed E-state index contributed by atoms with van der Waals surface area (Å²) in [4.78, 5) is 24.2. The molecule has 4 heteroatoms. The molecule has 1 aliphatic heterocycles. The molecular formula is C16H13NO2S. The van der Waals surface area contributed by atoms with E-state index in [0.29, 0.717) is 11.3 Å². The molecule has 0 saturated heterocycles. The van der Waals surface area contributed by atoms with Crippen molar-refractivity contribution in [3.8, 4) is 0 Å². The van der Waals surface area contributed by atoms with Crippen LogP contribution in [0.1, 0.15) is 15.9 Å². The minimum Gasteiger partial charge on any atom is -0.325 e. The number of hydrogen-bond acceptors (Lipinski definition) is 3. The third-order valence-electron chi connectivity index (χ3n) is 3.23. The average molecular weight is 283 g/mol. The van der Waals surface area contributed by atoms with Crippen molar-refractivity contribution in [2.24, 2.45) is 0 Å². The van der Waals surface area contributed by atoms with Crippen LogP contribution in [0.15, 0.2) is 53.4 Å². The number of anilines is 1. The van der Waals surface area contributed by atoms with E-state index in [2.05, 4.69) is 11.4 Å². The number of nitrogens with one attached hydrogen (secondary N) is 1. The van der Waals surface area contributed by atoms with Crippen molar-refractivity contribution in [2.75, 3.05) is 5.32 Å². The van der Waals surface area contributed by atoms with E-state index in [1.807, 2.05) is 18.2 Å². The molecule has 0 spiro atoms. The van der Waals surface area contributed by atoms with Gasteiger partial charge in [0, 0.05) is 16.1 Å². The highest BCUT2D eigenvalue weighted by Crippen LogP contribution is 2.37. The van der Waals surface area contributed by atoms with Gasteiger partial charge < -0.3 is 5.32 Å². The second-order valence-electron chi connectivity index (χ2n) is 4.65. The van der Waals surface area contributed by atoms with Crippen LogP contribution in [-0.4, -0.2) is 17.4 Å². The van der Waals surface area contributed by atoms with Crippen molar-refractivity contribution >= 4 is 29.6 Å². The maximum absolute atomic E-state index is 12.3. The monoisotopic (exact) mass is 283 g/mol. The van der Waals surface area contributed by atoms with Gasteiger partial charge in [0.2, 0.25) is 5.91 Å². The van der Waals surface area contributed by atoms with Gasteiger partial charge in [-0.15, -0.1) is 11.8 Å². The highest BCUT2D eigenvalue weighted by Gasteiger charge is 2.27. The lowest BCUT2D eigenvalue weighted by Crippen LogP contribution is -2.24. The molecule has 0 fully saturated rings. The molecule has 0 saturated carbocycles. The Labute approximate surface area is 121 Å². The summed E-state index contributed by atoms with van der Waals surface area (Å²) in [6.45, 7) is 0. The molecule has 0 bridgehead atoms. The van der Waals surface area contributed by atoms with Crippen LogP contribution in [0.2, 0.25) is 0 Å². The third-order valence-corrected chi connectivity index (χ3v) is 4.55. The molecule has 1 unspecified atom stereocenters. The molecular weight excluding hydrogens is 270 g/mol. The lowest BCUT2D eigenvalue weighted by Gasteiger charge is -2.10. The Kier molecular flexibility index (Phi) is 3.56. The summed E-state index contributed by atoms with van der Waals surface area (Å²) in [6.07, 6.45) is 1.52. The lowest BCUT2D eigenvalue weighted by molar-refractivity contribution is -0.115. The van der Waals surface area contributed by atoms with Gasteiger partial charge in [0.05, 0.1) is 5.25 Å². The molecule has 3 rings (SSSR count). The molecule has 2 aromatic carbocycles. The summed E-state index contributed by atoms with van der Waals surface area (Å²) >= 11 is 1.59. The number of rotatable bonds is 3. The molecule has 20 heavy (non-hydrogen) atoms. The molecule has 0 radical (unpaired) electrons. The van der Waals surface area contributed by atoms with E-state index in [1.165, 1.54) is 10.5 Å². The fourth-order valence-electron chi connectivity index (χ4n) is 2.24. The number of thioether (sulfide) groups is 1. The number of aldehydes is 1. The van der Waals surface area contributed by atoms with Crippen molar-refractivity contribution in [1.29, 1.82) is 0 Å². The van der Waals surface area contributed by atoms with Gasteiger partial charge >= 0.3 is 0 Å². The summed E-state index contributed by atoms with van der Waals surface area (Å²) < 4.78 is 0. The predicted octanol–water partition coefficient (Wildman–Crippen LogP) is 3.15. The van der Waals surface area contributed by atoms with E-state index in [0.717, 1.165) is 12.7 Å². The first-order chi connectivity index (χ1) is 9.76. The van der Waals surface area contributed by atoms with E-state index >= 15 is 0 Å². The van der Waals surface area contributed by atoms with Gasteiger partial charge in [0.1, 0.15) is 6.29 Å². The Morgan fingerprint density at radius 3 is 2.85 bits per heavy atom. The minimum absolute atomic E-state index is 0.0192. The Bertz CT molecular complexity index is 644. The van der Waals surface area contributed by atoms with E-state index < -0.39 is 0 Å². The van der Waals surface area contributed by atoms with Crippen LogP contribution < -0.4 is 5.32 Å². The summed E-state index contributed by atoms with van der Waals surface area (Å²) in [5.41, 5.74) is 2.45. The maximum Gasteiger partial charge on any atom is 0.238 e. The number of fused-ring (bicyclic) bond motifs is 1. The third kappa shape index (κ3) is 2.60. The zero-order chi connectivity index (χ0) is 13.9. The molecule has 100 valence electrons. The quantitative estimate of drug-likeness (QED) is 0.880. The van der Waals surface area contributed by atoms with E-state index in [9.17, 15) is 9.59 Å². The van der Waals surface area contributed by atoms with Crippen molar-refractivity contribution < 1.29 is 9.59 Å². The lowest BCUT2D eigenvalue weighted by atomic mass is 10.1. The van der Waals surface area contributed by atoms with Crippen molar-refractivity contribution in [3.63, 3.8) is 0 Å². The van der Waals surface area contributed by atoms with Crippen LogP contribution in [0.4, 0.5) is 5.69 Å². The van der Waals surface area contributed by atoms with Crippen molar-refractivity contribution in [3.05, 3.63) is 59.7 Å². The number of carbonyl (C=O) groups excluding carboxylic acids is 2. The van der Waals surface area contributed by atoms with Gasteiger partial charge in [-0.3, -0.25) is 9.59 Å². The van der Waals surface area contributed by atoms with E-state index in [1.54, 1.807) is 36.0 Å². The fraction of sp³-hybridized carbons (Fsp3) is 0.125. The predicted molar refractivity (Wildman–Crippen MR) is 80.3 cm³/mol. The number of amides is 1. The van der Waals surface area contributed by atoms with Gasteiger partial charge in [-0.2, -0.15) is 0 Å². The standard InChI is InChI=1S/C16H13NO2S/c18-10-11-4-3-6-13(8-11)17-16(19)15-9-12-5-1-2-7-14(12)20-15/h1-8,10,15H,9H2,(H,17,19). The second kappa shape index (κ2) is 5.51. The summed E-state index contributed by atoms with van der Waals surface area (Å²) in [6, 6.07) is 15.0. The first-order valence-electron chi connectivity index (χ1n) is 6.37. The number of carbonyl (C=O) groups is 2. The Morgan fingerprint density at radius 1 is 1.20 bits per heavy atom. The van der Waals surface area contributed by atoms with Crippen molar-refractivity contribution in [2.45, 2.75) is 16.6 Å². The Balaban J connectivity index is 1.70. The zero-order valence-electron chi connectivity index (χ0n) is 10.7. The van der Waals surface area contributed by atoms with Gasteiger partial charge in [0.15, 0.2) is 0 Å². The molecule has 3 nitrogen and oxygen atoms in total. The zero-order valence-corrected chi connectivity index (χ0v) is 11.5. The molecule has 1 atom stereocenters. The van der Waals surface area contributed by atoms with Gasteiger partial charge in [-0.1, -0.05) is 30.3 Å². The highest BCUT2D eigenvalue weighted by atomic mass is 32.2. The fourth-order valence-corrected chi connectivity index (χ4v) is 3.44. The molecule has 1 heterocycles. The van der Waals surface area contributed by atoms with E-state index in [4.69, 9.17) is 0 Å². The van der Waals surface area contributed by atoms with Crippen LogP contribution in [0.3, 0.4) is 0 Å². The SMILES string of the molecule is O=Cc1cccc(NC(=O)C2Cc3ccccc3S2)c1. The Morgan fingerprint density at radius 2 is 2.05 bits per heavy atom. The second-order valence-corrected chi connectivity index (χ2v) is 5.90. The minimum atomic E-state index is -0.104. The normalized spacial score (nSPS) is 16.5. The average Bonchev–Trinajstić information content (AvgIpc) is 2.91. The Hall–Kier alpha value is -2.07. The summed E-state index contributed by atoms with van der Waals surface area (Å²) in [7, 11) is 0.